The molecule has 5 nitrogen and oxygen atoms in total. The van der Waals surface area contributed by atoms with Gasteiger partial charge in [-0.3, -0.25) is 4.79 Å². The molecule has 3 aromatic carbocycles. The van der Waals surface area contributed by atoms with E-state index in [9.17, 15) is 4.79 Å². The zero-order chi connectivity index (χ0) is 21.8. The lowest BCUT2D eigenvalue weighted by Crippen LogP contribution is -2.20. The Hall–Kier alpha value is -2.53. The molecule has 0 aliphatic heterocycles. The van der Waals surface area contributed by atoms with Crippen LogP contribution in [-0.4, -0.2) is 22.5 Å². The first-order chi connectivity index (χ1) is 15.1. The molecule has 0 fully saturated rings. The minimum atomic E-state index is -0.212. The second-order valence-electron chi connectivity index (χ2n) is 6.59. The van der Waals surface area contributed by atoms with E-state index in [1.807, 2.05) is 60.7 Å². The summed E-state index contributed by atoms with van der Waals surface area (Å²) in [6.45, 7) is 4.13. The molecule has 154 valence electrons. The number of benzene rings is 3. The molecule has 4 rings (SSSR count). The molecule has 0 saturated carbocycles. The largest absolute Gasteiger partial charge is 0.487 e. The summed E-state index contributed by atoms with van der Waals surface area (Å²) in [7, 11) is 0. The van der Waals surface area contributed by atoms with Crippen LogP contribution < -0.4 is 10.3 Å². The molecular formula is C24H17I2N3O2. The Balaban J connectivity index is 1.83. The molecular weight excluding hydrogens is 616 g/mol. The molecule has 0 atom stereocenters. The van der Waals surface area contributed by atoms with Crippen molar-refractivity contribution in [2.75, 3.05) is 6.61 Å². The minimum absolute atomic E-state index is 0.212. The second-order valence-corrected chi connectivity index (χ2v) is 8.92. The van der Waals surface area contributed by atoms with Crippen molar-refractivity contribution < 1.29 is 4.74 Å². The molecule has 31 heavy (non-hydrogen) atoms. The maximum atomic E-state index is 13.2. The summed E-state index contributed by atoms with van der Waals surface area (Å²) >= 11 is 4.47. The quantitative estimate of drug-likeness (QED) is 0.155. The number of para-hydroxylation sites is 1. The van der Waals surface area contributed by atoms with Gasteiger partial charge in [0.15, 0.2) is 5.82 Å². The average Bonchev–Trinajstić information content (AvgIpc) is 2.78. The molecule has 1 heterocycles. The van der Waals surface area contributed by atoms with Crippen molar-refractivity contribution in [1.29, 1.82) is 0 Å². The summed E-state index contributed by atoms with van der Waals surface area (Å²) in [5.74, 6) is 1.31. The van der Waals surface area contributed by atoms with Crippen molar-refractivity contribution in [3.8, 4) is 17.1 Å². The van der Waals surface area contributed by atoms with Crippen molar-refractivity contribution in [1.82, 2.24) is 9.66 Å². The summed E-state index contributed by atoms with van der Waals surface area (Å²) in [6.07, 6.45) is 3.39. The topological polar surface area (TPSA) is 56.5 Å². The third-order valence-corrected chi connectivity index (χ3v) is 6.08. The Morgan fingerprint density at radius 1 is 1.03 bits per heavy atom. The molecule has 0 saturated heterocycles. The zero-order valence-corrected chi connectivity index (χ0v) is 20.6. The number of hydrogen-bond acceptors (Lipinski definition) is 4. The van der Waals surface area contributed by atoms with Gasteiger partial charge < -0.3 is 4.74 Å². The van der Waals surface area contributed by atoms with Crippen LogP contribution in [0.2, 0.25) is 0 Å². The van der Waals surface area contributed by atoms with E-state index in [1.54, 1.807) is 18.4 Å². The van der Waals surface area contributed by atoms with Gasteiger partial charge in [0.25, 0.3) is 5.56 Å². The van der Waals surface area contributed by atoms with Crippen molar-refractivity contribution >= 4 is 62.3 Å². The van der Waals surface area contributed by atoms with Crippen LogP contribution in [0, 0.1) is 7.14 Å². The maximum absolute atomic E-state index is 13.2. The lowest BCUT2D eigenvalue weighted by Gasteiger charge is -2.11. The molecule has 4 aromatic rings. The number of hydrogen-bond donors (Lipinski definition) is 0. The van der Waals surface area contributed by atoms with Gasteiger partial charge >= 0.3 is 0 Å². The number of nitrogens with zero attached hydrogens (tertiary/aromatic N) is 3. The molecule has 0 spiro atoms. The van der Waals surface area contributed by atoms with Gasteiger partial charge in [-0.25, -0.2) is 4.98 Å². The first-order valence-electron chi connectivity index (χ1n) is 9.43. The fourth-order valence-electron chi connectivity index (χ4n) is 3.06. The Morgan fingerprint density at radius 2 is 1.71 bits per heavy atom. The van der Waals surface area contributed by atoms with Crippen LogP contribution in [0.25, 0.3) is 22.3 Å². The number of halogens is 2. The number of aromatic nitrogens is 2. The fraction of sp³-hybridized carbons (Fsp3) is 0.0417. The monoisotopic (exact) mass is 633 g/mol. The van der Waals surface area contributed by atoms with E-state index in [4.69, 9.17) is 9.72 Å². The molecule has 0 aliphatic carbocycles. The van der Waals surface area contributed by atoms with Crippen LogP contribution >= 0.6 is 45.2 Å². The molecule has 0 bridgehead atoms. The molecule has 0 amide bonds. The van der Waals surface area contributed by atoms with Crippen LogP contribution in [0.4, 0.5) is 0 Å². The van der Waals surface area contributed by atoms with E-state index in [2.05, 4.69) is 56.9 Å². The Labute approximate surface area is 206 Å². The van der Waals surface area contributed by atoms with E-state index in [0.29, 0.717) is 23.3 Å². The van der Waals surface area contributed by atoms with Crippen molar-refractivity contribution in [3.05, 3.63) is 102 Å². The highest BCUT2D eigenvalue weighted by atomic mass is 127. The minimum Gasteiger partial charge on any atom is -0.487 e. The molecule has 0 N–H and O–H groups in total. The standard InChI is InChI=1S/C24H17I2N3O2/c1-2-12-31-22-19(25)13-16(14-20(22)26)15-27-29-23(17-8-4-3-5-9-17)28-21-11-7-6-10-18(21)24(29)30/h2-11,13-15H,1,12H2. The third kappa shape index (κ3) is 4.72. The lowest BCUT2D eigenvalue weighted by atomic mass is 10.2. The molecule has 1 aromatic heterocycles. The smallest absolute Gasteiger partial charge is 0.282 e. The molecule has 7 heteroatoms. The third-order valence-electron chi connectivity index (χ3n) is 4.47. The van der Waals surface area contributed by atoms with Crippen LogP contribution in [0.15, 0.2) is 89.3 Å². The van der Waals surface area contributed by atoms with Gasteiger partial charge in [-0.2, -0.15) is 9.78 Å². The summed E-state index contributed by atoms with van der Waals surface area (Å²) in [5.41, 5.74) is 2.11. The van der Waals surface area contributed by atoms with Crippen LogP contribution in [0.5, 0.6) is 5.75 Å². The van der Waals surface area contributed by atoms with Crippen molar-refractivity contribution in [2.45, 2.75) is 0 Å². The normalized spacial score (nSPS) is 11.2. The highest BCUT2D eigenvalue weighted by Crippen LogP contribution is 2.28. The number of fused-ring (bicyclic) bond motifs is 1. The van der Waals surface area contributed by atoms with Crippen LogP contribution in [0.3, 0.4) is 0 Å². The zero-order valence-electron chi connectivity index (χ0n) is 16.3. The van der Waals surface area contributed by atoms with Gasteiger partial charge in [0.2, 0.25) is 0 Å². The van der Waals surface area contributed by atoms with Crippen LogP contribution in [0.1, 0.15) is 5.56 Å². The lowest BCUT2D eigenvalue weighted by molar-refractivity contribution is 0.358. The molecule has 0 radical (unpaired) electrons. The van der Waals surface area contributed by atoms with Gasteiger partial charge in [0.05, 0.1) is 24.3 Å². The Bertz CT molecular complexity index is 1330. The number of ether oxygens (including phenoxy) is 1. The second kappa shape index (κ2) is 9.73. The van der Waals surface area contributed by atoms with Gasteiger partial charge in [-0.1, -0.05) is 55.1 Å². The maximum Gasteiger partial charge on any atom is 0.282 e. The van der Waals surface area contributed by atoms with Gasteiger partial charge in [-0.15, -0.1) is 0 Å². The van der Waals surface area contributed by atoms with E-state index < -0.39 is 0 Å². The predicted octanol–water partition coefficient (Wildman–Crippen LogP) is 5.72. The van der Waals surface area contributed by atoms with Crippen LogP contribution in [-0.2, 0) is 0 Å². The molecule has 0 aliphatic rings. The SMILES string of the molecule is C=CCOc1c(I)cc(C=Nn2c(-c3ccccc3)nc3ccccc3c2=O)cc1I. The van der Waals surface area contributed by atoms with Crippen molar-refractivity contribution in [3.63, 3.8) is 0 Å². The highest BCUT2D eigenvalue weighted by molar-refractivity contribution is 14.1. The summed E-state index contributed by atoms with van der Waals surface area (Å²) in [5, 5.41) is 5.05. The van der Waals surface area contributed by atoms with E-state index >= 15 is 0 Å². The first kappa shape index (κ1) is 21.7. The Kier molecular flexibility index (Phi) is 6.81. The average molecular weight is 633 g/mol. The Morgan fingerprint density at radius 3 is 2.42 bits per heavy atom. The van der Waals surface area contributed by atoms with E-state index in [-0.39, 0.29) is 5.56 Å². The van der Waals surface area contributed by atoms with Gasteiger partial charge in [-0.05, 0) is 75.0 Å². The predicted molar refractivity (Wildman–Crippen MR) is 142 cm³/mol. The highest BCUT2D eigenvalue weighted by Gasteiger charge is 2.12. The van der Waals surface area contributed by atoms with Crippen molar-refractivity contribution in [2.24, 2.45) is 5.10 Å². The van der Waals surface area contributed by atoms with Gasteiger partial charge in [0.1, 0.15) is 12.4 Å². The summed E-state index contributed by atoms with van der Waals surface area (Å²) < 4.78 is 9.01. The van der Waals surface area contributed by atoms with E-state index in [0.717, 1.165) is 24.0 Å². The first-order valence-corrected chi connectivity index (χ1v) is 11.6. The fourth-order valence-corrected chi connectivity index (χ4v) is 5.19. The summed E-state index contributed by atoms with van der Waals surface area (Å²) in [4.78, 5) is 17.9. The summed E-state index contributed by atoms with van der Waals surface area (Å²) in [6, 6.07) is 20.8. The van der Waals surface area contributed by atoms with Gasteiger partial charge in [0, 0.05) is 5.56 Å². The number of rotatable bonds is 6. The van der Waals surface area contributed by atoms with E-state index in [1.165, 1.54) is 4.68 Å². The molecule has 0 unspecified atom stereocenters.